The monoisotopic (exact) mass is 656 g/mol. The quantitative estimate of drug-likeness (QED) is 0.185. The Balaban J connectivity index is 1.09. The number of fused-ring (bicyclic) bond motifs is 6. The molecule has 0 aliphatic heterocycles. The van der Waals surface area contributed by atoms with Gasteiger partial charge in [0, 0.05) is 53.3 Å². The van der Waals surface area contributed by atoms with Crippen LogP contribution in [0.5, 0.6) is 0 Å². The van der Waals surface area contributed by atoms with Crippen molar-refractivity contribution in [3.63, 3.8) is 0 Å². The van der Waals surface area contributed by atoms with Crippen LogP contribution in [0.1, 0.15) is 0 Å². The number of rotatable bonds is 5. The highest BCUT2D eigenvalue weighted by Gasteiger charge is 2.16. The average Bonchev–Trinajstić information content (AvgIpc) is 3.73. The molecule has 0 N–H and O–H groups in total. The van der Waals surface area contributed by atoms with E-state index in [1.165, 1.54) is 47.5 Å². The topological polar surface area (TPSA) is 43.6 Å². The molecule has 0 saturated carbocycles. The Hall–Kier alpha value is -6.43. The van der Waals surface area contributed by atoms with Gasteiger partial charge in [0.05, 0.1) is 11.0 Å². The maximum Gasteiger partial charge on any atom is 0.164 e. The third kappa shape index (κ3) is 4.79. The largest absolute Gasteiger partial charge is 0.309 e. The van der Waals surface area contributed by atoms with Crippen molar-refractivity contribution in [3.8, 4) is 51.0 Å². The molecule has 0 aliphatic rings. The minimum Gasteiger partial charge on any atom is -0.309 e. The van der Waals surface area contributed by atoms with E-state index < -0.39 is 0 Å². The van der Waals surface area contributed by atoms with E-state index in [2.05, 4.69) is 138 Å². The van der Waals surface area contributed by atoms with Gasteiger partial charge in [0.2, 0.25) is 0 Å². The van der Waals surface area contributed by atoms with Gasteiger partial charge in [-0.05, 0) is 47.5 Å². The van der Waals surface area contributed by atoms with Gasteiger partial charge in [0.1, 0.15) is 0 Å². The fourth-order valence-corrected chi connectivity index (χ4v) is 8.16. The van der Waals surface area contributed by atoms with E-state index in [0.29, 0.717) is 17.5 Å². The summed E-state index contributed by atoms with van der Waals surface area (Å²) in [6.07, 6.45) is 0. The van der Waals surface area contributed by atoms with Crippen molar-refractivity contribution in [3.05, 3.63) is 170 Å². The normalized spacial score (nSPS) is 11.6. The molecule has 0 fully saturated rings. The molecule has 10 rings (SSSR count). The van der Waals surface area contributed by atoms with Crippen molar-refractivity contribution in [2.45, 2.75) is 0 Å². The summed E-state index contributed by atoms with van der Waals surface area (Å²) >= 11 is 1.80. The lowest BCUT2D eigenvalue weighted by atomic mass is 10.0. The fourth-order valence-electron chi connectivity index (χ4n) is 7.04. The molecule has 50 heavy (non-hydrogen) atoms. The SMILES string of the molecule is c1ccc(-c2ccc(-c3nc(-c4ccccc4)nc(-c4ccc5c(c4)sc4ccc(-n6c7ccccc7c7ccccc76)cc45)n3)cc2)cc1. The lowest BCUT2D eigenvalue weighted by Crippen LogP contribution is -2.00. The van der Waals surface area contributed by atoms with Gasteiger partial charge in [-0.3, -0.25) is 0 Å². The summed E-state index contributed by atoms with van der Waals surface area (Å²) in [5.74, 6) is 1.97. The summed E-state index contributed by atoms with van der Waals surface area (Å²) in [7, 11) is 0. The second-order valence-corrected chi connectivity index (χ2v) is 13.6. The minimum atomic E-state index is 0.653. The maximum atomic E-state index is 5.05. The van der Waals surface area contributed by atoms with Crippen LogP contribution in [0.25, 0.3) is 93.0 Å². The standard InChI is InChI=1S/C45H28N4S/c1-3-11-29(12-4-1)30-19-21-32(22-20-30)44-46-43(31-13-5-2-6-14-31)47-45(48-44)33-23-25-37-38-28-34(24-26-41(38)50-42(37)27-33)49-39-17-9-7-15-35(39)36-16-8-10-18-40(36)49/h1-28H. The molecule has 3 aromatic heterocycles. The van der Waals surface area contributed by atoms with Crippen LogP contribution in [0.2, 0.25) is 0 Å². The van der Waals surface area contributed by atoms with Gasteiger partial charge in [-0.1, -0.05) is 133 Å². The first-order chi connectivity index (χ1) is 24.8. The van der Waals surface area contributed by atoms with Crippen molar-refractivity contribution < 1.29 is 0 Å². The molecular weight excluding hydrogens is 629 g/mol. The highest BCUT2D eigenvalue weighted by atomic mass is 32.1. The van der Waals surface area contributed by atoms with Gasteiger partial charge in [-0.2, -0.15) is 0 Å². The summed E-state index contributed by atoms with van der Waals surface area (Å²) in [5, 5.41) is 5.00. The zero-order valence-electron chi connectivity index (χ0n) is 26.9. The molecule has 4 nitrogen and oxygen atoms in total. The zero-order chi connectivity index (χ0) is 33.0. The Labute approximate surface area is 292 Å². The predicted molar refractivity (Wildman–Crippen MR) is 209 cm³/mol. The lowest BCUT2D eigenvalue weighted by Gasteiger charge is -2.09. The minimum absolute atomic E-state index is 0.653. The Morgan fingerprint density at radius 1 is 0.340 bits per heavy atom. The number of nitrogens with zero attached hydrogens (tertiary/aromatic N) is 4. The predicted octanol–water partition coefficient (Wildman–Crippen LogP) is 12.0. The molecular formula is C45H28N4S. The molecule has 0 bridgehead atoms. The van der Waals surface area contributed by atoms with E-state index in [4.69, 9.17) is 15.0 Å². The van der Waals surface area contributed by atoms with Gasteiger partial charge in [-0.25, -0.2) is 15.0 Å². The Morgan fingerprint density at radius 3 is 1.50 bits per heavy atom. The van der Waals surface area contributed by atoms with Crippen LogP contribution in [0, 0.1) is 0 Å². The van der Waals surface area contributed by atoms with Crippen LogP contribution in [0.4, 0.5) is 0 Å². The summed E-state index contributed by atoms with van der Waals surface area (Å²) in [5.41, 5.74) is 8.79. The summed E-state index contributed by atoms with van der Waals surface area (Å²) in [6, 6.07) is 59.8. The van der Waals surface area contributed by atoms with Gasteiger partial charge >= 0.3 is 0 Å². The molecule has 234 valence electrons. The first-order valence-corrected chi connectivity index (χ1v) is 17.5. The van der Waals surface area contributed by atoms with E-state index >= 15 is 0 Å². The van der Waals surface area contributed by atoms with Crippen LogP contribution in [-0.4, -0.2) is 19.5 Å². The van der Waals surface area contributed by atoms with E-state index in [-0.39, 0.29) is 0 Å². The zero-order valence-corrected chi connectivity index (χ0v) is 27.7. The average molecular weight is 657 g/mol. The molecule has 0 radical (unpaired) electrons. The number of hydrogen-bond acceptors (Lipinski definition) is 4. The molecule has 0 spiro atoms. The summed E-state index contributed by atoms with van der Waals surface area (Å²) in [4.78, 5) is 15.0. The summed E-state index contributed by atoms with van der Waals surface area (Å²) in [6.45, 7) is 0. The molecule has 0 saturated heterocycles. The highest BCUT2D eigenvalue weighted by molar-refractivity contribution is 7.25. The number of para-hydroxylation sites is 2. The Kier molecular flexibility index (Phi) is 6.64. The third-order valence-corrected chi connectivity index (χ3v) is 10.6. The van der Waals surface area contributed by atoms with Gasteiger partial charge in [0.15, 0.2) is 17.5 Å². The van der Waals surface area contributed by atoms with E-state index in [9.17, 15) is 0 Å². The second-order valence-electron chi connectivity index (χ2n) is 12.5. The van der Waals surface area contributed by atoms with Crippen molar-refractivity contribution in [2.24, 2.45) is 0 Å². The number of thiophene rings is 1. The molecule has 0 aliphatic carbocycles. The van der Waals surface area contributed by atoms with Crippen molar-refractivity contribution in [1.82, 2.24) is 19.5 Å². The second kappa shape index (κ2) is 11.6. The van der Waals surface area contributed by atoms with Crippen molar-refractivity contribution in [2.75, 3.05) is 0 Å². The molecule has 0 atom stereocenters. The summed E-state index contributed by atoms with van der Waals surface area (Å²) < 4.78 is 4.83. The number of benzene rings is 7. The number of hydrogen-bond donors (Lipinski definition) is 0. The van der Waals surface area contributed by atoms with Crippen LogP contribution >= 0.6 is 11.3 Å². The van der Waals surface area contributed by atoms with Gasteiger partial charge in [0.25, 0.3) is 0 Å². The molecule has 0 amide bonds. The van der Waals surface area contributed by atoms with E-state index in [0.717, 1.165) is 27.9 Å². The van der Waals surface area contributed by atoms with Crippen molar-refractivity contribution in [1.29, 1.82) is 0 Å². The Morgan fingerprint density at radius 2 is 0.840 bits per heavy atom. The molecule has 10 aromatic rings. The smallest absolute Gasteiger partial charge is 0.164 e. The molecule has 7 aromatic carbocycles. The van der Waals surface area contributed by atoms with Gasteiger partial charge in [-0.15, -0.1) is 11.3 Å². The van der Waals surface area contributed by atoms with E-state index in [1.54, 1.807) is 11.3 Å². The first kappa shape index (κ1) is 28.6. The highest BCUT2D eigenvalue weighted by Crippen LogP contribution is 2.39. The third-order valence-electron chi connectivity index (χ3n) is 9.47. The van der Waals surface area contributed by atoms with Gasteiger partial charge < -0.3 is 4.57 Å². The van der Waals surface area contributed by atoms with Crippen LogP contribution in [0.3, 0.4) is 0 Å². The lowest BCUT2D eigenvalue weighted by molar-refractivity contribution is 1.07. The van der Waals surface area contributed by atoms with Crippen molar-refractivity contribution >= 4 is 53.3 Å². The Bertz CT molecular complexity index is 2800. The van der Waals surface area contributed by atoms with E-state index in [1.807, 2.05) is 36.4 Å². The molecule has 0 unspecified atom stereocenters. The molecule has 5 heteroatoms. The van der Waals surface area contributed by atoms with Crippen LogP contribution < -0.4 is 0 Å². The fraction of sp³-hybridized carbons (Fsp3) is 0. The maximum absolute atomic E-state index is 5.05. The van der Waals surface area contributed by atoms with Crippen LogP contribution in [-0.2, 0) is 0 Å². The van der Waals surface area contributed by atoms with Crippen LogP contribution in [0.15, 0.2) is 170 Å². The molecule has 3 heterocycles. The number of aromatic nitrogens is 4. The first-order valence-electron chi connectivity index (χ1n) is 16.7.